The van der Waals surface area contributed by atoms with Crippen molar-refractivity contribution in [2.45, 2.75) is 52.5 Å². The molecule has 0 atom stereocenters. The van der Waals surface area contributed by atoms with Crippen LogP contribution in [0.25, 0.3) is 0 Å². The van der Waals surface area contributed by atoms with Crippen LogP contribution in [0, 0.1) is 5.92 Å². The molecule has 82 valence electrons. The molecule has 0 N–H and O–H groups in total. The Morgan fingerprint density at radius 3 is 2.50 bits per heavy atom. The lowest BCUT2D eigenvalue weighted by atomic mass is 10.2. The van der Waals surface area contributed by atoms with Gasteiger partial charge in [-0.15, -0.1) is 0 Å². The van der Waals surface area contributed by atoms with E-state index in [0.717, 1.165) is 25.3 Å². The average molecular weight is 197 g/mol. The van der Waals surface area contributed by atoms with Gasteiger partial charge in [0, 0.05) is 19.0 Å². The number of ketones is 1. The van der Waals surface area contributed by atoms with E-state index in [1.54, 1.807) is 0 Å². The molecule has 0 unspecified atom stereocenters. The molecule has 0 bridgehead atoms. The smallest absolute Gasteiger partial charge is 0.146 e. The Labute approximate surface area is 87.7 Å². The highest BCUT2D eigenvalue weighted by molar-refractivity contribution is 5.80. The van der Waals surface area contributed by atoms with Gasteiger partial charge in [0.2, 0.25) is 0 Å². The Balaban J connectivity index is 2.29. The number of hydrogen-bond acceptors (Lipinski definition) is 2. The minimum Gasteiger partial charge on any atom is -0.298 e. The first-order valence-corrected chi connectivity index (χ1v) is 5.89. The first kappa shape index (κ1) is 11.7. The van der Waals surface area contributed by atoms with Gasteiger partial charge >= 0.3 is 0 Å². The zero-order valence-corrected chi connectivity index (χ0v) is 9.75. The van der Waals surface area contributed by atoms with Crippen molar-refractivity contribution in [1.29, 1.82) is 0 Å². The van der Waals surface area contributed by atoms with E-state index in [4.69, 9.17) is 0 Å². The lowest BCUT2D eigenvalue weighted by Crippen LogP contribution is -2.37. The Hall–Kier alpha value is -0.370. The third kappa shape index (κ3) is 4.23. The second kappa shape index (κ2) is 5.50. The largest absolute Gasteiger partial charge is 0.298 e. The SMILES string of the molecule is CCCC(=O)CN(CC1CC1)C(C)C. The molecule has 1 saturated carbocycles. The molecule has 0 spiro atoms. The predicted molar refractivity (Wildman–Crippen MR) is 59.3 cm³/mol. The fourth-order valence-corrected chi connectivity index (χ4v) is 1.67. The zero-order valence-electron chi connectivity index (χ0n) is 9.75. The maximum absolute atomic E-state index is 11.5. The number of nitrogens with zero attached hydrogens (tertiary/aromatic N) is 1. The van der Waals surface area contributed by atoms with Crippen molar-refractivity contribution in [3.63, 3.8) is 0 Å². The molecule has 1 aliphatic carbocycles. The quantitative estimate of drug-likeness (QED) is 0.625. The summed E-state index contributed by atoms with van der Waals surface area (Å²) in [6.45, 7) is 8.23. The van der Waals surface area contributed by atoms with Crippen LogP contribution in [0.15, 0.2) is 0 Å². The molecular weight excluding hydrogens is 174 g/mol. The molecule has 1 rings (SSSR count). The second-order valence-corrected chi connectivity index (χ2v) is 4.76. The van der Waals surface area contributed by atoms with Gasteiger partial charge in [-0.2, -0.15) is 0 Å². The van der Waals surface area contributed by atoms with Gasteiger partial charge in [-0.25, -0.2) is 0 Å². The maximum atomic E-state index is 11.5. The van der Waals surface area contributed by atoms with Crippen molar-refractivity contribution in [3.05, 3.63) is 0 Å². The molecule has 14 heavy (non-hydrogen) atoms. The summed E-state index contributed by atoms with van der Waals surface area (Å²) >= 11 is 0. The van der Waals surface area contributed by atoms with E-state index in [0.29, 0.717) is 18.4 Å². The van der Waals surface area contributed by atoms with Crippen molar-refractivity contribution >= 4 is 5.78 Å². The molecule has 1 aliphatic rings. The van der Waals surface area contributed by atoms with Crippen LogP contribution in [0.2, 0.25) is 0 Å². The number of carbonyl (C=O) groups excluding carboxylic acids is 1. The molecule has 0 aliphatic heterocycles. The van der Waals surface area contributed by atoms with Crippen molar-refractivity contribution in [1.82, 2.24) is 4.90 Å². The first-order valence-electron chi connectivity index (χ1n) is 5.89. The Bertz CT molecular complexity index is 185. The van der Waals surface area contributed by atoms with Crippen molar-refractivity contribution in [2.75, 3.05) is 13.1 Å². The van der Waals surface area contributed by atoms with Crippen LogP contribution in [0.3, 0.4) is 0 Å². The molecule has 2 heteroatoms. The van der Waals surface area contributed by atoms with E-state index in [1.165, 1.54) is 12.8 Å². The molecular formula is C12H23NO. The van der Waals surface area contributed by atoms with Crippen LogP contribution in [0.1, 0.15) is 46.5 Å². The van der Waals surface area contributed by atoms with Crippen LogP contribution in [-0.4, -0.2) is 29.8 Å². The third-order valence-electron chi connectivity index (χ3n) is 2.83. The van der Waals surface area contributed by atoms with Gasteiger partial charge in [-0.3, -0.25) is 9.69 Å². The summed E-state index contributed by atoms with van der Waals surface area (Å²) in [4.78, 5) is 13.8. The van der Waals surface area contributed by atoms with Gasteiger partial charge < -0.3 is 0 Å². The van der Waals surface area contributed by atoms with Gasteiger partial charge in [0.05, 0.1) is 6.54 Å². The number of hydrogen-bond donors (Lipinski definition) is 0. The Morgan fingerprint density at radius 1 is 1.43 bits per heavy atom. The molecule has 0 heterocycles. The van der Waals surface area contributed by atoms with Gasteiger partial charge in [0.25, 0.3) is 0 Å². The van der Waals surface area contributed by atoms with Crippen LogP contribution in [-0.2, 0) is 4.79 Å². The van der Waals surface area contributed by atoms with Crippen molar-refractivity contribution < 1.29 is 4.79 Å². The molecule has 0 aromatic rings. The van der Waals surface area contributed by atoms with Gasteiger partial charge in [0.15, 0.2) is 0 Å². The summed E-state index contributed by atoms with van der Waals surface area (Å²) in [6, 6.07) is 0.511. The van der Waals surface area contributed by atoms with E-state index >= 15 is 0 Å². The minimum atomic E-state index is 0.404. The summed E-state index contributed by atoms with van der Waals surface area (Å²) in [5.41, 5.74) is 0. The molecule has 0 aromatic carbocycles. The highest BCUT2D eigenvalue weighted by atomic mass is 16.1. The number of Topliss-reactive ketones (excluding diaryl/α,β-unsaturated/α-hetero) is 1. The predicted octanol–water partition coefficient (Wildman–Crippen LogP) is 2.48. The Morgan fingerprint density at radius 2 is 2.07 bits per heavy atom. The number of rotatable bonds is 7. The molecule has 2 nitrogen and oxygen atoms in total. The fourth-order valence-electron chi connectivity index (χ4n) is 1.67. The highest BCUT2D eigenvalue weighted by Gasteiger charge is 2.26. The monoisotopic (exact) mass is 197 g/mol. The summed E-state index contributed by atoms with van der Waals surface area (Å²) in [7, 11) is 0. The lowest BCUT2D eigenvalue weighted by molar-refractivity contribution is -0.120. The summed E-state index contributed by atoms with van der Waals surface area (Å²) in [5, 5.41) is 0. The van der Waals surface area contributed by atoms with Crippen LogP contribution in [0.4, 0.5) is 0 Å². The van der Waals surface area contributed by atoms with E-state index < -0.39 is 0 Å². The first-order chi connectivity index (χ1) is 6.63. The standard InChI is InChI=1S/C12H23NO/c1-4-5-12(14)9-13(10(2)3)8-11-6-7-11/h10-11H,4-9H2,1-3H3. The summed E-state index contributed by atoms with van der Waals surface area (Å²) < 4.78 is 0. The molecule has 0 amide bonds. The Kier molecular flexibility index (Phi) is 4.59. The van der Waals surface area contributed by atoms with E-state index in [-0.39, 0.29) is 0 Å². The molecule has 0 radical (unpaired) electrons. The zero-order chi connectivity index (χ0) is 10.6. The van der Waals surface area contributed by atoms with Crippen LogP contribution in [0.5, 0.6) is 0 Å². The van der Waals surface area contributed by atoms with E-state index in [1.807, 2.05) is 0 Å². The average Bonchev–Trinajstić information content (AvgIpc) is 2.87. The minimum absolute atomic E-state index is 0.404. The summed E-state index contributed by atoms with van der Waals surface area (Å²) in [6.07, 6.45) is 4.46. The van der Waals surface area contributed by atoms with Crippen LogP contribution < -0.4 is 0 Å². The summed E-state index contributed by atoms with van der Waals surface area (Å²) in [5.74, 6) is 1.29. The van der Waals surface area contributed by atoms with Crippen LogP contribution >= 0.6 is 0 Å². The lowest BCUT2D eigenvalue weighted by Gasteiger charge is -2.25. The second-order valence-electron chi connectivity index (χ2n) is 4.76. The normalized spacial score (nSPS) is 16.6. The molecule has 0 saturated heterocycles. The van der Waals surface area contributed by atoms with Gasteiger partial charge in [-0.1, -0.05) is 6.92 Å². The number of carbonyl (C=O) groups is 1. The van der Waals surface area contributed by atoms with Crippen molar-refractivity contribution in [2.24, 2.45) is 5.92 Å². The van der Waals surface area contributed by atoms with Gasteiger partial charge in [-0.05, 0) is 39.0 Å². The molecule has 1 fully saturated rings. The highest BCUT2D eigenvalue weighted by Crippen LogP contribution is 2.30. The topological polar surface area (TPSA) is 20.3 Å². The third-order valence-corrected chi connectivity index (χ3v) is 2.83. The fraction of sp³-hybridized carbons (Fsp3) is 0.917. The van der Waals surface area contributed by atoms with Crippen molar-refractivity contribution in [3.8, 4) is 0 Å². The maximum Gasteiger partial charge on any atom is 0.146 e. The van der Waals surface area contributed by atoms with E-state index in [9.17, 15) is 4.79 Å². The van der Waals surface area contributed by atoms with E-state index in [2.05, 4.69) is 25.7 Å². The molecule has 0 aromatic heterocycles. The van der Waals surface area contributed by atoms with Gasteiger partial charge in [0.1, 0.15) is 5.78 Å².